The summed E-state index contributed by atoms with van der Waals surface area (Å²) in [6.45, 7) is 5.47. The van der Waals surface area contributed by atoms with Crippen molar-refractivity contribution in [3.05, 3.63) is 35.9 Å². The van der Waals surface area contributed by atoms with Crippen molar-refractivity contribution in [1.29, 1.82) is 0 Å². The van der Waals surface area contributed by atoms with E-state index in [-0.39, 0.29) is 17.9 Å². The highest BCUT2D eigenvalue weighted by Gasteiger charge is 2.32. The van der Waals surface area contributed by atoms with Crippen LogP contribution in [0, 0.1) is 5.92 Å². The van der Waals surface area contributed by atoms with Gasteiger partial charge in [0.05, 0.1) is 12.0 Å². The Labute approximate surface area is 127 Å². The highest BCUT2D eigenvalue weighted by Crippen LogP contribution is 2.33. The van der Waals surface area contributed by atoms with E-state index in [4.69, 9.17) is 4.74 Å². The van der Waals surface area contributed by atoms with Gasteiger partial charge in [0.1, 0.15) is 0 Å². The molecule has 1 fully saturated rings. The van der Waals surface area contributed by atoms with Gasteiger partial charge in [0.2, 0.25) is 5.91 Å². The van der Waals surface area contributed by atoms with Crippen LogP contribution in [0.4, 0.5) is 0 Å². The average molecular weight is 290 g/mol. The molecule has 4 heteroatoms. The fourth-order valence-corrected chi connectivity index (χ4v) is 2.75. The molecule has 0 aromatic heterocycles. The minimum atomic E-state index is -0.103. The van der Waals surface area contributed by atoms with Crippen LogP contribution in [0.15, 0.2) is 30.3 Å². The first-order valence-electron chi connectivity index (χ1n) is 7.98. The highest BCUT2D eigenvalue weighted by atomic mass is 16.5. The Morgan fingerprint density at radius 1 is 1.29 bits per heavy atom. The van der Waals surface area contributed by atoms with E-state index >= 15 is 0 Å². The Hall–Kier alpha value is -1.39. The lowest BCUT2D eigenvalue weighted by atomic mass is 9.89. The molecule has 0 radical (unpaired) electrons. The second-order valence-electron chi connectivity index (χ2n) is 5.45. The van der Waals surface area contributed by atoms with E-state index in [2.05, 4.69) is 17.6 Å². The summed E-state index contributed by atoms with van der Waals surface area (Å²) in [7, 11) is 0. The van der Waals surface area contributed by atoms with E-state index in [9.17, 15) is 4.79 Å². The first kappa shape index (κ1) is 16.0. The molecule has 1 heterocycles. The highest BCUT2D eigenvalue weighted by molar-refractivity contribution is 5.79. The van der Waals surface area contributed by atoms with Crippen LogP contribution >= 0.6 is 0 Å². The van der Waals surface area contributed by atoms with E-state index < -0.39 is 0 Å². The maximum Gasteiger partial charge on any atom is 0.226 e. The lowest BCUT2D eigenvalue weighted by Crippen LogP contribution is -2.38. The Morgan fingerprint density at radius 3 is 2.86 bits per heavy atom. The van der Waals surface area contributed by atoms with Crippen LogP contribution < -0.4 is 10.6 Å². The van der Waals surface area contributed by atoms with Crippen LogP contribution in [0.5, 0.6) is 0 Å². The van der Waals surface area contributed by atoms with Gasteiger partial charge >= 0.3 is 0 Å². The van der Waals surface area contributed by atoms with Crippen molar-refractivity contribution in [3.8, 4) is 0 Å². The molecular formula is C17H26N2O2. The maximum atomic E-state index is 12.4. The van der Waals surface area contributed by atoms with Gasteiger partial charge in [-0.1, -0.05) is 37.3 Å². The lowest BCUT2D eigenvalue weighted by molar-refractivity contribution is -0.134. The lowest BCUT2D eigenvalue weighted by Gasteiger charge is -2.31. The number of carbonyl (C=O) groups is 1. The zero-order valence-corrected chi connectivity index (χ0v) is 12.8. The standard InChI is InChI=1S/C17H26N2O2/c1-2-18-11-7-12-19-17(20)15-10-6-13-21-16(15)14-8-4-3-5-9-14/h3-5,8-9,15-16,18H,2,6-7,10-13H2,1H3,(H,19,20). The molecule has 0 bridgehead atoms. The Kier molecular flexibility index (Phi) is 6.70. The molecule has 1 aromatic rings. The first-order chi connectivity index (χ1) is 10.3. The minimum Gasteiger partial charge on any atom is -0.373 e. The molecule has 1 aromatic carbocycles. The summed E-state index contributed by atoms with van der Waals surface area (Å²) in [6.07, 6.45) is 2.72. The van der Waals surface area contributed by atoms with E-state index in [1.165, 1.54) is 0 Å². The third-order valence-electron chi connectivity index (χ3n) is 3.87. The number of ether oxygens (including phenoxy) is 1. The topological polar surface area (TPSA) is 50.4 Å². The Balaban J connectivity index is 1.88. The van der Waals surface area contributed by atoms with Crippen molar-refractivity contribution >= 4 is 5.91 Å². The van der Waals surface area contributed by atoms with Crippen LogP contribution in [0.3, 0.4) is 0 Å². The number of nitrogens with one attached hydrogen (secondary N) is 2. The molecule has 0 aliphatic carbocycles. The number of hydrogen-bond donors (Lipinski definition) is 2. The fraction of sp³-hybridized carbons (Fsp3) is 0.588. The van der Waals surface area contributed by atoms with Crippen LogP contribution in [0.25, 0.3) is 0 Å². The third-order valence-corrected chi connectivity index (χ3v) is 3.87. The Bertz CT molecular complexity index is 422. The SMILES string of the molecule is CCNCCCNC(=O)C1CCCOC1c1ccccc1. The molecule has 1 amide bonds. The fourth-order valence-electron chi connectivity index (χ4n) is 2.75. The molecule has 1 saturated heterocycles. The summed E-state index contributed by atoms with van der Waals surface area (Å²) in [5.74, 6) is 0.0559. The smallest absolute Gasteiger partial charge is 0.226 e. The molecule has 0 spiro atoms. The predicted octanol–water partition coefficient (Wildman–Crippen LogP) is 2.27. The zero-order valence-electron chi connectivity index (χ0n) is 12.8. The maximum absolute atomic E-state index is 12.4. The van der Waals surface area contributed by atoms with Crippen molar-refractivity contribution in [2.24, 2.45) is 5.92 Å². The van der Waals surface area contributed by atoms with Gasteiger partial charge in [-0.3, -0.25) is 4.79 Å². The number of carbonyl (C=O) groups excluding carboxylic acids is 1. The molecule has 0 saturated carbocycles. The van der Waals surface area contributed by atoms with Crippen molar-refractivity contribution in [3.63, 3.8) is 0 Å². The molecule has 21 heavy (non-hydrogen) atoms. The summed E-state index contributed by atoms with van der Waals surface area (Å²) in [5, 5.41) is 6.31. The molecule has 2 rings (SSSR count). The van der Waals surface area contributed by atoms with E-state index in [1.54, 1.807) is 0 Å². The normalized spacial score (nSPS) is 22.0. The largest absolute Gasteiger partial charge is 0.373 e. The molecule has 4 nitrogen and oxygen atoms in total. The van der Waals surface area contributed by atoms with Crippen LogP contribution in [-0.4, -0.2) is 32.1 Å². The van der Waals surface area contributed by atoms with Gasteiger partial charge in [0.15, 0.2) is 0 Å². The molecule has 2 N–H and O–H groups in total. The Morgan fingerprint density at radius 2 is 2.10 bits per heavy atom. The van der Waals surface area contributed by atoms with Gasteiger partial charge in [-0.25, -0.2) is 0 Å². The monoisotopic (exact) mass is 290 g/mol. The zero-order chi connectivity index (χ0) is 14.9. The van der Waals surface area contributed by atoms with Gasteiger partial charge in [0, 0.05) is 13.2 Å². The average Bonchev–Trinajstić information content (AvgIpc) is 2.55. The number of rotatable bonds is 7. The molecule has 2 atom stereocenters. The van der Waals surface area contributed by atoms with Gasteiger partial charge < -0.3 is 15.4 Å². The summed E-state index contributed by atoms with van der Waals surface area (Å²) in [4.78, 5) is 12.4. The van der Waals surface area contributed by atoms with E-state index in [1.807, 2.05) is 30.3 Å². The summed E-state index contributed by atoms with van der Waals surface area (Å²) in [5.41, 5.74) is 1.10. The number of amides is 1. The van der Waals surface area contributed by atoms with E-state index in [0.717, 1.165) is 51.1 Å². The van der Waals surface area contributed by atoms with Gasteiger partial charge in [-0.15, -0.1) is 0 Å². The molecule has 116 valence electrons. The van der Waals surface area contributed by atoms with Crippen molar-refractivity contribution in [1.82, 2.24) is 10.6 Å². The number of hydrogen-bond acceptors (Lipinski definition) is 3. The molecule has 1 aliphatic heterocycles. The summed E-state index contributed by atoms with van der Waals surface area (Å²) in [6, 6.07) is 10.1. The first-order valence-corrected chi connectivity index (χ1v) is 7.98. The van der Waals surface area contributed by atoms with Crippen molar-refractivity contribution < 1.29 is 9.53 Å². The van der Waals surface area contributed by atoms with Crippen LogP contribution in [0.1, 0.15) is 37.9 Å². The van der Waals surface area contributed by atoms with E-state index in [0.29, 0.717) is 0 Å². The minimum absolute atomic E-state index is 0.0692. The van der Waals surface area contributed by atoms with Gasteiger partial charge in [0.25, 0.3) is 0 Å². The van der Waals surface area contributed by atoms with Crippen molar-refractivity contribution in [2.75, 3.05) is 26.2 Å². The second kappa shape index (κ2) is 8.80. The molecule has 2 unspecified atom stereocenters. The quantitative estimate of drug-likeness (QED) is 0.757. The van der Waals surface area contributed by atoms with Crippen molar-refractivity contribution in [2.45, 2.75) is 32.3 Å². The number of benzene rings is 1. The molecule has 1 aliphatic rings. The summed E-state index contributed by atoms with van der Waals surface area (Å²) >= 11 is 0. The van der Waals surface area contributed by atoms with Gasteiger partial charge in [-0.05, 0) is 37.9 Å². The van der Waals surface area contributed by atoms with Crippen LogP contribution in [0.2, 0.25) is 0 Å². The second-order valence-corrected chi connectivity index (χ2v) is 5.45. The predicted molar refractivity (Wildman–Crippen MR) is 84.0 cm³/mol. The van der Waals surface area contributed by atoms with Crippen LogP contribution in [-0.2, 0) is 9.53 Å². The summed E-state index contributed by atoms with van der Waals surface area (Å²) < 4.78 is 5.87. The van der Waals surface area contributed by atoms with Gasteiger partial charge in [-0.2, -0.15) is 0 Å². The third kappa shape index (κ3) is 4.83. The molecular weight excluding hydrogens is 264 g/mol.